The number of fused-ring (bicyclic) bond motifs is 1. The molecule has 0 fully saturated rings. The minimum absolute atomic E-state index is 0.122. The van der Waals surface area contributed by atoms with Gasteiger partial charge in [0, 0.05) is 34.2 Å². The molecule has 0 saturated carbocycles. The molecular formula is C22H21NO5S2. The monoisotopic (exact) mass is 443 g/mol. The van der Waals surface area contributed by atoms with E-state index in [1.807, 2.05) is 19.1 Å². The van der Waals surface area contributed by atoms with E-state index in [1.54, 1.807) is 49.9 Å². The maximum Gasteiger partial charge on any atom is 0.225 e. The summed E-state index contributed by atoms with van der Waals surface area (Å²) in [7, 11) is -0.634. The molecule has 0 bridgehead atoms. The number of aryl methyl sites for hydroxylation is 1. The topological polar surface area (TPSA) is 81.7 Å². The van der Waals surface area contributed by atoms with Gasteiger partial charge in [-0.15, -0.1) is 11.3 Å². The van der Waals surface area contributed by atoms with Crippen LogP contribution in [0.2, 0.25) is 0 Å². The summed E-state index contributed by atoms with van der Waals surface area (Å²) < 4.78 is 37.3. The number of benzene rings is 2. The van der Waals surface area contributed by atoms with Gasteiger partial charge in [0.25, 0.3) is 0 Å². The predicted octanol–water partition coefficient (Wildman–Crippen LogP) is 4.38. The van der Waals surface area contributed by atoms with Gasteiger partial charge in [-0.05, 0) is 25.1 Å². The lowest BCUT2D eigenvalue weighted by atomic mass is 9.90. The predicted molar refractivity (Wildman–Crippen MR) is 116 cm³/mol. The average molecular weight is 444 g/mol. The number of anilines is 1. The number of ether oxygens (including phenoxy) is 2. The minimum Gasteiger partial charge on any atom is -0.497 e. The Balaban J connectivity index is 1.83. The number of sulfone groups is 1. The highest BCUT2D eigenvalue weighted by atomic mass is 32.2. The zero-order valence-electron chi connectivity index (χ0n) is 16.8. The van der Waals surface area contributed by atoms with Gasteiger partial charge in [0.15, 0.2) is 0 Å². The zero-order valence-corrected chi connectivity index (χ0v) is 18.4. The van der Waals surface area contributed by atoms with Crippen molar-refractivity contribution in [1.82, 2.24) is 0 Å². The van der Waals surface area contributed by atoms with Gasteiger partial charge < -0.3 is 14.8 Å². The number of methoxy groups -OCH3 is 2. The van der Waals surface area contributed by atoms with Crippen LogP contribution in [0.25, 0.3) is 0 Å². The summed E-state index contributed by atoms with van der Waals surface area (Å²) in [6.07, 6.45) is 0.209. The Kier molecular flexibility index (Phi) is 5.29. The standard InChI is InChI=1S/C22H21NO5S2/c1-13-4-7-15(8-5-13)30(25,26)19-12-29-22-17(11-20(24)23-21(19)22)16-9-6-14(27-2)10-18(16)28-3/h4-10,12,17H,11H2,1-3H3,(H,23,24). The summed E-state index contributed by atoms with van der Waals surface area (Å²) in [4.78, 5) is 13.6. The first kappa shape index (κ1) is 20.4. The number of rotatable bonds is 5. The Morgan fingerprint density at radius 3 is 2.47 bits per heavy atom. The molecule has 1 unspecified atom stereocenters. The Morgan fingerprint density at radius 2 is 1.80 bits per heavy atom. The maximum atomic E-state index is 13.2. The fraction of sp³-hybridized carbons (Fsp3) is 0.227. The molecule has 0 radical (unpaired) electrons. The van der Waals surface area contributed by atoms with Crippen LogP contribution in [0, 0.1) is 6.92 Å². The molecule has 1 N–H and O–H groups in total. The number of hydrogen-bond acceptors (Lipinski definition) is 6. The lowest BCUT2D eigenvalue weighted by Crippen LogP contribution is -2.23. The lowest BCUT2D eigenvalue weighted by molar-refractivity contribution is -0.116. The Bertz CT molecular complexity index is 1210. The first-order valence-corrected chi connectivity index (χ1v) is 11.7. The molecule has 1 amide bonds. The summed E-state index contributed by atoms with van der Waals surface area (Å²) in [5.41, 5.74) is 2.15. The van der Waals surface area contributed by atoms with E-state index in [4.69, 9.17) is 9.47 Å². The normalized spacial score (nSPS) is 16.0. The van der Waals surface area contributed by atoms with E-state index >= 15 is 0 Å². The van der Waals surface area contributed by atoms with Crippen LogP contribution in [0.4, 0.5) is 5.69 Å². The minimum atomic E-state index is -3.76. The summed E-state index contributed by atoms with van der Waals surface area (Å²) in [6, 6.07) is 12.1. The zero-order chi connectivity index (χ0) is 21.5. The van der Waals surface area contributed by atoms with Crippen LogP contribution in [-0.2, 0) is 14.6 Å². The van der Waals surface area contributed by atoms with Gasteiger partial charge in [0.1, 0.15) is 16.4 Å². The molecule has 0 aliphatic carbocycles. The van der Waals surface area contributed by atoms with Gasteiger partial charge in [0.05, 0.1) is 24.8 Å². The van der Waals surface area contributed by atoms with Gasteiger partial charge in [-0.1, -0.05) is 23.8 Å². The smallest absolute Gasteiger partial charge is 0.225 e. The van der Waals surface area contributed by atoms with Crippen molar-refractivity contribution in [2.24, 2.45) is 0 Å². The summed E-state index contributed by atoms with van der Waals surface area (Å²) in [5, 5.41) is 4.39. The molecule has 8 heteroatoms. The average Bonchev–Trinajstić information content (AvgIpc) is 3.17. The fourth-order valence-corrected chi connectivity index (χ4v) is 6.50. The summed E-state index contributed by atoms with van der Waals surface area (Å²) in [5.74, 6) is 0.701. The maximum absolute atomic E-state index is 13.2. The van der Waals surface area contributed by atoms with Gasteiger partial charge in [-0.25, -0.2) is 8.42 Å². The molecule has 0 spiro atoms. The molecular weight excluding hydrogens is 422 g/mol. The van der Waals surface area contributed by atoms with Crippen molar-refractivity contribution < 1.29 is 22.7 Å². The van der Waals surface area contributed by atoms with Gasteiger partial charge in [-0.3, -0.25) is 4.79 Å². The van der Waals surface area contributed by atoms with E-state index in [0.717, 1.165) is 16.0 Å². The Morgan fingerprint density at radius 1 is 1.07 bits per heavy atom. The van der Waals surface area contributed by atoms with Gasteiger partial charge in [0.2, 0.25) is 15.7 Å². The third-order valence-electron chi connectivity index (χ3n) is 5.19. The van der Waals surface area contributed by atoms with Crippen molar-refractivity contribution in [2.45, 2.75) is 29.1 Å². The molecule has 2 heterocycles. The molecule has 30 heavy (non-hydrogen) atoms. The van der Waals surface area contributed by atoms with E-state index < -0.39 is 9.84 Å². The highest BCUT2D eigenvalue weighted by Crippen LogP contribution is 2.48. The van der Waals surface area contributed by atoms with Crippen LogP contribution >= 0.6 is 11.3 Å². The van der Waals surface area contributed by atoms with Crippen molar-refractivity contribution in [2.75, 3.05) is 19.5 Å². The molecule has 1 atom stereocenters. The van der Waals surface area contributed by atoms with Gasteiger partial charge >= 0.3 is 0 Å². The largest absolute Gasteiger partial charge is 0.497 e. The van der Waals surface area contributed by atoms with E-state index in [1.165, 1.54) is 11.3 Å². The van der Waals surface area contributed by atoms with Crippen molar-refractivity contribution in [3.05, 3.63) is 63.8 Å². The molecule has 1 aromatic heterocycles. The van der Waals surface area contributed by atoms with Crippen LogP contribution in [0.5, 0.6) is 11.5 Å². The van der Waals surface area contributed by atoms with Crippen LogP contribution in [0.3, 0.4) is 0 Å². The Labute approximate surface area is 179 Å². The lowest BCUT2D eigenvalue weighted by Gasteiger charge is -2.25. The summed E-state index contributed by atoms with van der Waals surface area (Å²) >= 11 is 1.33. The van der Waals surface area contributed by atoms with Crippen LogP contribution in [0.1, 0.15) is 28.3 Å². The highest BCUT2D eigenvalue weighted by Gasteiger charge is 2.35. The van der Waals surface area contributed by atoms with Crippen molar-refractivity contribution >= 4 is 32.8 Å². The number of carbonyl (C=O) groups excluding carboxylic acids is 1. The van der Waals surface area contributed by atoms with E-state index in [0.29, 0.717) is 17.2 Å². The molecule has 2 aromatic carbocycles. The SMILES string of the molecule is COc1ccc(C2CC(=O)Nc3c(S(=O)(=O)c4ccc(C)cc4)csc32)c(OC)c1. The van der Waals surface area contributed by atoms with Crippen LogP contribution in [-0.4, -0.2) is 28.5 Å². The number of nitrogens with one attached hydrogen (secondary N) is 1. The van der Waals surface area contributed by atoms with Crippen LogP contribution in [0.15, 0.2) is 57.6 Å². The third-order valence-corrected chi connectivity index (χ3v) is 8.23. The first-order chi connectivity index (χ1) is 14.3. The van der Waals surface area contributed by atoms with E-state index in [9.17, 15) is 13.2 Å². The highest BCUT2D eigenvalue weighted by molar-refractivity contribution is 7.91. The molecule has 3 aromatic rings. The van der Waals surface area contributed by atoms with E-state index in [2.05, 4.69) is 5.32 Å². The van der Waals surface area contributed by atoms with Crippen molar-refractivity contribution in [3.63, 3.8) is 0 Å². The third kappa shape index (κ3) is 3.46. The van der Waals surface area contributed by atoms with Gasteiger partial charge in [-0.2, -0.15) is 0 Å². The van der Waals surface area contributed by atoms with Crippen LogP contribution < -0.4 is 14.8 Å². The molecule has 0 saturated heterocycles. The molecule has 1 aliphatic heterocycles. The molecule has 6 nitrogen and oxygen atoms in total. The fourth-order valence-electron chi connectivity index (χ4n) is 3.60. The second-order valence-electron chi connectivity index (χ2n) is 7.07. The molecule has 1 aliphatic rings. The molecule has 156 valence electrons. The van der Waals surface area contributed by atoms with Crippen molar-refractivity contribution in [3.8, 4) is 11.5 Å². The second-order valence-corrected chi connectivity index (χ2v) is 9.90. The quantitative estimate of drug-likeness (QED) is 0.633. The molecule has 4 rings (SSSR count). The number of amides is 1. The number of carbonyl (C=O) groups is 1. The summed E-state index contributed by atoms with van der Waals surface area (Å²) in [6.45, 7) is 1.90. The van der Waals surface area contributed by atoms with E-state index in [-0.39, 0.29) is 28.0 Å². The first-order valence-electron chi connectivity index (χ1n) is 9.30. The number of hydrogen-bond donors (Lipinski definition) is 1. The van der Waals surface area contributed by atoms with Crippen molar-refractivity contribution in [1.29, 1.82) is 0 Å². The number of thiophene rings is 1. The Hall–Kier alpha value is -2.84. The second kappa shape index (κ2) is 7.77.